The first-order chi connectivity index (χ1) is 11.6. The van der Waals surface area contributed by atoms with Crippen molar-refractivity contribution >= 4 is 12.1 Å². The van der Waals surface area contributed by atoms with Crippen LogP contribution in [0.4, 0.5) is 4.79 Å². The van der Waals surface area contributed by atoms with Crippen molar-refractivity contribution in [1.82, 2.24) is 5.32 Å². The molecule has 0 saturated heterocycles. The summed E-state index contributed by atoms with van der Waals surface area (Å²) in [7, 11) is 0. The lowest BCUT2D eigenvalue weighted by molar-refractivity contribution is -0.160. The summed E-state index contributed by atoms with van der Waals surface area (Å²) >= 11 is 0. The van der Waals surface area contributed by atoms with Gasteiger partial charge in [-0.05, 0) is 55.4 Å². The zero-order chi connectivity index (χ0) is 16.7. The van der Waals surface area contributed by atoms with E-state index in [1.54, 1.807) is 0 Å². The average Bonchev–Trinajstić information content (AvgIpc) is 2.52. The molecule has 3 unspecified atom stereocenters. The fourth-order valence-electron chi connectivity index (χ4n) is 5.62. The Bertz CT molecular complexity index is 630. The summed E-state index contributed by atoms with van der Waals surface area (Å²) in [6, 6.07) is 9.51. The van der Waals surface area contributed by atoms with E-state index in [1.807, 2.05) is 30.3 Å². The summed E-state index contributed by atoms with van der Waals surface area (Å²) in [5.74, 6) is 0.0416. The van der Waals surface area contributed by atoms with Crippen LogP contribution in [0.3, 0.4) is 0 Å². The number of carbonyl (C=O) groups is 2. The standard InChI is InChI=1S/C19H23NO4/c21-17(22)16-15-7-13-6-14(8-15)10-19(16,9-13)20-18(23)24-11-12-4-2-1-3-5-12/h1-5,13-16H,6-11H2,(H,20,23)(H,21,22). The Kier molecular flexibility index (Phi) is 3.74. The van der Waals surface area contributed by atoms with Crippen molar-refractivity contribution in [2.24, 2.45) is 23.7 Å². The highest BCUT2D eigenvalue weighted by atomic mass is 16.5. The van der Waals surface area contributed by atoms with E-state index in [0.717, 1.165) is 31.2 Å². The molecule has 0 spiro atoms. The minimum atomic E-state index is -0.776. The first-order valence-electron chi connectivity index (χ1n) is 8.77. The van der Waals surface area contributed by atoms with Crippen molar-refractivity contribution in [1.29, 1.82) is 0 Å². The average molecular weight is 329 g/mol. The van der Waals surface area contributed by atoms with Gasteiger partial charge >= 0.3 is 12.1 Å². The van der Waals surface area contributed by atoms with Crippen molar-refractivity contribution in [2.45, 2.75) is 44.2 Å². The molecule has 1 amide bonds. The molecule has 5 heteroatoms. The van der Waals surface area contributed by atoms with Gasteiger partial charge in [0.15, 0.2) is 0 Å². The van der Waals surface area contributed by atoms with E-state index in [4.69, 9.17) is 4.74 Å². The van der Waals surface area contributed by atoms with Gasteiger partial charge < -0.3 is 15.2 Å². The smallest absolute Gasteiger partial charge is 0.407 e. The number of benzene rings is 1. The molecule has 5 rings (SSSR count). The second kappa shape index (κ2) is 5.80. The topological polar surface area (TPSA) is 75.6 Å². The summed E-state index contributed by atoms with van der Waals surface area (Å²) in [6.45, 7) is 0.205. The lowest BCUT2D eigenvalue weighted by atomic mass is 9.48. The summed E-state index contributed by atoms with van der Waals surface area (Å²) in [5, 5.41) is 12.7. The number of carboxylic acid groups (broad SMARTS) is 1. The molecule has 4 aliphatic rings. The third kappa shape index (κ3) is 2.66. The number of rotatable bonds is 4. The quantitative estimate of drug-likeness (QED) is 0.889. The molecule has 2 N–H and O–H groups in total. The van der Waals surface area contributed by atoms with Gasteiger partial charge in [-0.15, -0.1) is 0 Å². The molecule has 0 radical (unpaired) electrons. The molecule has 0 heterocycles. The van der Waals surface area contributed by atoms with Crippen molar-refractivity contribution in [3.63, 3.8) is 0 Å². The van der Waals surface area contributed by atoms with Crippen LogP contribution in [0, 0.1) is 23.7 Å². The maximum Gasteiger partial charge on any atom is 0.407 e. The van der Waals surface area contributed by atoms with Crippen LogP contribution in [0.15, 0.2) is 30.3 Å². The fraction of sp³-hybridized carbons (Fsp3) is 0.579. The van der Waals surface area contributed by atoms with Crippen molar-refractivity contribution < 1.29 is 19.4 Å². The molecule has 4 saturated carbocycles. The molecule has 1 aromatic carbocycles. The maximum absolute atomic E-state index is 12.3. The van der Waals surface area contributed by atoms with Gasteiger partial charge in [-0.1, -0.05) is 30.3 Å². The molecule has 0 aromatic heterocycles. The molecule has 5 nitrogen and oxygen atoms in total. The second-order valence-corrected chi connectivity index (χ2v) is 7.77. The molecule has 128 valence electrons. The SMILES string of the molecule is O=C(NC12CC3CC(CC(C3)C1C(=O)O)C2)OCc1ccccc1. The zero-order valence-corrected chi connectivity index (χ0v) is 13.6. The molecule has 4 fully saturated rings. The first-order valence-corrected chi connectivity index (χ1v) is 8.77. The minimum absolute atomic E-state index is 0.197. The van der Waals surface area contributed by atoms with Crippen LogP contribution in [0.2, 0.25) is 0 Å². The molecule has 3 atom stereocenters. The molecule has 0 aliphatic heterocycles. The molecule has 1 aromatic rings. The van der Waals surface area contributed by atoms with Gasteiger partial charge in [0.1, 0.15) is 6.61 Å². The van der Waals surface area contributed by atoms with Crippen LogP contribution < -0.4 is 5.32 Å². The number of hydrogen-bond acceptors (Lipinski definition) is 3. The van der Waals surface area contributed by atoms with E-state index in [1.165, 1.54) is 6.42 Å². The van der Waals surface area contributed by atoms with E-state index in [2.05, 4.69) is 5.32 Å². The number of alkyl carbamates (subject to hydrolysis) is 1. The van der Waals surface area contributed by atoms with Crippen LogP contribution in [0.5, 0.6) is 0 Å². The largest absolute Gasteiger partial charge is 0.481 e. The molecular formula is C19H23NO4. The lowest BCUT2D eigenvalue weighted by Crippen LogP contribution is -2.67. The Morgan fingerprint density at radius 3 is 2.42 bits per heavy atom. The molecule has 4 bridgehead atoms. The number of amides is 1. The van der Waals surface area contributed by atoms with Gasteiger partial charge in [-0.25, -0.2) is 4.79 Å². The van der Waals surface area contributed by atoms with Gasteiger partial charge in [0.2, 0.25) is 0 Å². The van der Waals surface area contributed by atoms with E-state index in [0.29, 0.717) is 11.8 Å². The molecule has 4 aliphatic carbocycles. The minimum Gasteiger partial charge on any atom is -0.481 e. The molecule has 24 heavy (non-hydrogen) atoms. The Balaban J connectivity index is 1.47. The van der Waals surface area contributed by atoms with E-state index < -0.39 is 23.5 Å². The van der Waals surface area contributed by atoms with Crippen molar-refractivity contribution in [2.75, 3.05) is 0 Å². The number of carbonyl (C=O) groups excluding carboxylic acids is 1. The predicted octanol–water partition coefficient (Wildman–Crippen LogP) is 3.19. The molecular weight excluding hydrogens is 306 g/mol. The van der Waals surface area contributed by atoms with Gasteiger partial charge in [0.05, 0.1) is 11.5 Å². The lowest BCUT2D eigenvalue weighted by Gasteiger charge is -2.59. The Labute approximate surface area is 141 Å². The zero-order valence-electron chi connectivity index (χ0n) is 13.6. The third-order valence-electron chi connectivity index (χ3n) is 6.14. The Morgan fingerprint density at radius 1 is 1.12 bits per heavy atom. The van der Waals surface area contributed by atoms with E-state index in [-0.39, 0.29) is 12.5 Å². The van der Waals surface area contributed by atoms with Crippen LogP contribution in [0.25, 0.3) is 0 Å². The van der Waals surface area contributed by atoms with Crippen LogP contribution in [0.1, 0.15) is 37.7 Å². The summed E-state index contributed by atoms with van der Waals surface area (Å²) in [6.07, 6.45) is 4.23. The Morgan fingerprint density at radius 2 is 1.79 bits per heavy atom. The number of hydrogen-bond donors (Lipinski definition) is 2. The second-order valence-electron chi connectivity index (χ2n) is 7.77. The van der Waals surface area contributed by atoms with E-state index in [9.17, 15) is 14.7 Å². The van der Waals surface area contributed by atoms with Crippen LogP contribution >= 0.6 is 0 Å². The van der Waals surface area contributed by atoms with Gasteiger partial charge in [0.25, 0.3) is 0 Å². The summed E-state index contributed by atoms with van der Waals surface area (Å²) in [5.41, 5.74) is 0.307. The van der Waals surface area contributed by atoms with Crippen molar-refractivity contribution in [3.8, 4) is 0 Å². The number of aliphatic carboxylic acids is 1. The van der Waals surface area contributed by atoms with Crippen LogP contribution in [-0.4, -0.2) is 22.7 Å². The maximum atomic E-state index is 12.3. The summed E-state index contributed by atoms with van der Waals surface area (Å²) in [4.78, 5) is 24.2. The monoisotopic (exact) mass is 329 g/mol. The van der Waals surface area contributed by atoms with Crippen molar-refractivity contribution in [3.05, 3.63) is 35.9 Å². The fourth-order valence-corrected chi connectivity index (χ4v) is 5.62. The number of ether oxygens (including phenoxy) is 1. The predicted molar refractivity (Wildman–Crippen MR) is 87.2 cm³/mol. The van der Waals surface area contributed by atoms with Gasteiger partial charge in [0, 0.05) is 0 Å². The highest BCUT2D eigenvalue weighted by Crippen LogP contribution is 2.58. The number of carboxylic acids is 1. The highest BCUT2D eigenvalue weighted by Gasteiger charge is 2.60. The van der Waals surface area contributed by atoms with E-state index >= 15 is 0 Å². The normalized spacial score (nSPS) is 36.3. The third-order valence-corrected chi connectivity index (χ3v) is 6.14. The van der Waals surface area contributed by atoms with Gasteiger partial charge in [-0.2, -0.15) is 0 Å². The highest BCUT2D eigenvalue weighted by molar-refractivity contribution is 5.76. The first kappa shape index (κ1) is 15.5. The van der Waals surface area contributed by atoms with Crippen LogP contribution in [-0.2, 0) is 16.1 Å². The van der Waals surface area contributed by atoms with Gasteiger partial charge in [-0.3, -0.25) is 4.79 Å². The Hall–Kier alpha value is -2.04. The number of nitrogens with one attached hydrogen (secondary N) is 1. The summed E-state index contributed by atoms with van der Waals surface area (Å²) < 4.78 is 5.35.